The molecular weight excluding hydrogens is 318 g/mol. The van der Waals surface area contributed by atoms with Gasteiger partial charge >= 0.3 is 0 Å². The summed E-state index contributed by atoms with van der Waals surface area (Å²) >= 11 is 3.43. The number of carbonyl (C=O) groups is 1. The largest absolute Gasteiger partial charge is 0.306 e. The number of H-pyrrole nitrogens is 1. The zero-order valence-corrected chi connectivity index (χ0v) is 12.9. The van der Waals surface area contributed by atoms with Crippen LogP contribution in [-0.2, 0) is 4.79 Å². The number of aromatic nitrogens is 2. The van der Waals surface area contributed by atoms with Crippen LogP contribution >= 0.6 is 15.9 Å². The summed E-state index contributed by atoms with van der Waals surface area (Å²) in [6, 6.07) is 9.55. The minimum atomic E-state index is -0.206. The van der Waals surface area contributed by atoms with Gasteiger partial charge in [0.15, 0.2) is 5.82 Å². The first-order valence-corrected chi connectivity index (χ1v) is 7.14. The van der Waals surface area contributed by atoms with E-state index < -0.39 is 0 Å². The highest BCUT2D eigenvalue weighted by atomic mass is 79.9. The van der Waals surface area contributed by atoms with Gasteiger partial charge in [0.25, 0.3) is 0 Å². The van der Waals surface area contributed by atoms with Crippen molar-refractivity contribution in [3.8, 4) is 0 Å². The third-order valence-electron chi connectivity index (χ3n) is 2.79. The van der Waals surface area contributed by atoms with Crippen LogP contribution in [0.1, 0.15) is 31.0 Å². The molecule has 104 valence electrons. The quantitative estimate of drug-likeness (QED) is 0.832. The van der Waals surface area contributed by atoms with Crippen molar-refractivity contribution in [3.05, 3.63) is 52.1 Å². The summed E-state index contributed by atoms with van der Waals surface area (Å²) in [6.07, 6.45) is 3.25. The van der Waals surface area contributed by atoms with Crippen LogP contribution in [-0.4, -0.2) is 16.1 Å². The van der Waals surface area contributed by atoms with Crippen molar-refractivity contribution in [2.45, 2.75) is 19.8 Å². The fourth-order valence-electron chi connectivity index (χ4n) is 1.64. The van der Waals surface area contributed by atoms with Crippen molar-refractivity contribution in [1.29, 1.82) is 0 Å². The fraction of sp³-hybridized carbons (Fsp3) is 0.200. The molecule has 1 amide bonds. The molecule has 2 N–H and O–H groups in total. The molecule has 1 aromatic heterocycles. The third-order valence-corrected chi connectivity index (χ3v) is 3.51. The molecule has 0 saturated carbocycles. The summed E-state index contributed by atoms with van der Waals surface area (Å²) < 4.78 is 0.950. The van der Waals surface area contributed by atoms with Gasteiger partial charge < -0.3 is 5.32 Å². The Hall–Kier alpha value is -1.88. The summed E-state index contributed by atoms with van der Waals surface area (Å²) in [4.78, 5) is 11.8. The SMILES string of the molecule is CC(C)c1cc(NC(=O)/C=C/c2ccccc2Br)n[nH]1. The molecule has 0 saturated heterocycles. The Morgan fingerprint density at radius 2 is 2.15 bits per heavy atom. The second kappa shape index (κ2) is 6.52. The lowest BCUT2D eigenvalue weighted by Gasteiger charge is -1.98. The third kappa shape index (κ3) is 3.81. The van der Waals surface area contributed by atoms with Crippen molar-refractivity contribution in [2.24, 2.45) is 0 Å². The number of rotatable bonds is 4. The molecule has 0 atom stereocenters. The van der Waals surface area contributed by atoms with Gasteiger partial charge in [-0.2, -0.15) is 5.10 Å². The molecule has 0 aliphatic heterocycles. The van der Waals surface area contributed by atoms with E-state index in [4.69, 9.17) is 0 Å². The van der Waals surface area contributed by atoms with Gasteiger partial charge in [-0.25, -0.2) is 0 Å². The Bertz CT molecular complexity index is 632. The van der Waals surface area contributed by atoms with Gasteiger partial charge in [0.05, 0.1) is 0 Å². The summed E-state index contributed by atoms with van der Waals surface area (Å²) in [5.74, 6) is 0.682. The number of anilines is 1. The molecule has 0 fully saturated rings. The topological polar surface area (TPSA) is 57.8 Å². The van der Waals surface area contributed by atoms with Crippen LogP contribution in [0.15, 0.2) is 40.9 Å². The first kappa shape index (κ1) is 14.5. The Morgan fingerprint density at radius 1 is 1.40 bits per heavy atom. The van der Waals surface area contributed by atoms with Crippen LogP contribution < -0.4 is 5.32 Å². The van der Waals surface area contributed by atoms with Crippen molar-refractivity contribution in [3.63, 3.8) is 0 Å². The van der Waals surface area contributed by atoms with Gasteiger partial charge in [-0.3, -0.25) is 9.89 Å². The van der Waals surface area contributed by atoms with E-state index >= 15 is 0 Å². The maximum absolute atomic E-state index is 11.8. The predicted molar refractivity (Wildman–Crippen MR) is 84.5 cm³/mol. The number of halogens is 1. The molecule has 0 spiro atoms. The van der Waals surface area contributed by atoms with Crippen LogP contribution in [0.3, 0.4) is 0 Å². The highest BCUT2D eigenvalue weighted by Gasteiger charge is 2.06. The molecule has 5 heteroatoms. The second-order valence-corrected chi connectivity index (χ2v) is 5.56. The van der Waals surface area contributed by atoms with Crippen LogP contribution in [0.4, 0.5) is 5.82 Å². The Kier molecular flexibility index (Phi) is 4.74. The van der Waals surface area contributed by atoms with Crippen molar-refractivity contribution >= 4 is 33.7 Å². The van der Waals surface area contributed by atoms with Crippen LogP contribution in [0, 0.1) is 0 Å². The van der Waals surface area contributed by atoms with Crippen molar-refractivity contribution in [2.75, 3.05) is 5.32 Å². The average Bonchev–Trinajstić information content (AvgIpc) is 2.86. The first-order valence-electron chi connectivity index (χ1n) is 6.35. The molecule has 0 aliphatic rings. The molecule has 0 bridgehead atoms. The minimum Gasteiger partial charge on any atom is -0.306 e. The monoisotopic (exact) mass is 333 g/mol. The number of carbonyl (C=O) groups excluding carboxylic acids is 1. The molecule has 1 heterocycles. The van der Waals surface area contributed by atoms with E-state index in [2.05, 4.69) is 45.3 Å². The van der Waals surface area contributed by atoms with Gasteiger partial charge in [-0.1, -0.05) is 48.0 Å². The van der Waals surface area contributed by atoms with Gasteiger partial charge in [0, 0.05) is 22.3 Å². The molecule has 4 nitrogen and oxygen atoms in total. The fourth-order valence-corrected chi connectivity index (χ4v) is 2.06. The molecule has 20 heavy (non-hydrogen) atoms. The Balaban J connectivity index is 2.00. The van der Waals surface area contributed by atoms with E-state index in [0.29, 0.717) is 11.7 Å². The van der Waals surface area contributed by atoms with E-state index in [0.717, 1.165) is 15.7 Å². The number of hydrogen-bond acceptors (Lipinski definition) is 2. The number of amides is 1. The zero-order valence-electron chi connectivity index (χ0n) is 11.4. The minimum absolute atomic E-state index is 0.206. The highest BCUT2D eigenvalue weighted by Crippen LogP contribution is 2.17. The molecule has 0 aliphatic carbocycles. The van der Waals surface area contributed by atoms with E-state index in [9.17, 15) is 4.79 Å². The number of benzene rings is 1. The molecular formula is C15H16BrN3O. The lowest BCUT2D eigenvalue weighted by atomic mass is 10.1. The average molecular weight is 334 g/mol. The first-order chi connectivity index (χ1) is 9.56. The van der Waals surface area contributed by atoms with E-state index in [1.54, 1.807) is 6.08 Å². The molecule has 0 unspecified atom stereocenters. The van der Waals surface area contributed by atoms with Gasteiger partial charge in [-0.15, -0.1) is 0 Å². The van der Waals surface area contributed by atoms with Crippen LogP contribution in [0.2, 0.25) is 0 Å². The summed E-state index contributed by atoms with van der Waals surface area (Å²) in [7, 11) is 0. The summed E-state index contributed by atoms with van der Waals surface area (Å²) in [6.45, 7) is 4.12. The van der Waals surface area contributed by atoms with Gasteiger partial charge in [-0.05, 0) is 23.6 Å². The Labute approximate surface area is 126 Å². The van der Waals surface area contributed by atoms with E-state index in [1.807, 2.05) is 30.3 Å². The maximum Gasteiger partial charge on any atom is 0.249 e. The van der Waals surface area contributed by atoms with Crippen molar-refractivity contribution in [1.82, 2.24) is 10.2 Å². The van der Waals surface area contributed by atoms with Crippen molar-refractivity contribution < 1.29 is 4.79 Å². The summed E-state index contributed by atoms with van der Waals surface area (Å²) in [5, 5.41) is 9.67. The summed E-state index contributed by atoms with van der Waals surface area (Å²) in [5.41, 5.74) is 1.95. The number of nitrogens with zero attached hydrogens (tertiary/aromatic N) is 1. The van der Waals surface area contributed by atoms with E-state index in [-0.39, 0.29) is 5.91 Å². The smallest absolute Gasteiger partial charge is 0.249 e. The molecule has 1 aromatic carbocycles. The van der Waals surface area contributed by atoms with Gasteiger partial charge in [0.2, 0.25) is 5.91 Å². The standard InChI is InChI=1S/C15H16BrN3O/c1-10(2)13-9-14(19-18-13)17-15(20)8-7-11-5-3-4-6-12(11)16/h3-10H,1-2H3,(H2,17,18,19,20)/b8-7+. The predicted octanol–water partition coefficient (Wildman–Crippen LogP) is 3.95. The number of nitrogens with one attached hydrogen (secondary N) is 2. The van der Waals surface area contributed by atoms with Gasteiger partial charge in [0.1, 0.15) is 0 Å². The number of hydrogen-bond donors (Lipinski definition) is 2. The molecule has 0 radical (unpaired) electrons. The molecule has 2 rings (SSSR count). The molecule has 2 aromatic rings. The lowest BCUT2D eigenvalue weighted by Crippen LogP contribution is -2.07. The second-order valence-electron chi connectivity index (χ2n) is 4.71. The van der Waals surface area contributed by atoms with Crippen LogP contribution in [0.25, 0.3) is 6.08 Å². The normalized spacial score (nSPS) is 11.2. The lowest BCUT2D eigenvalue weighted by molar-refractivity contribution is -0.111. The number of aromatic amines is 1. The Morgan fingerprint density at radius 3 is 2.80 bits per heavy atom. The highest BCUT2D eigenvalue weighted by molar-refractivity contribution is 9.10. The van der Waals surface area contributed by atoms with E-state index in [1.165, 1.54) is 6.08 Å². The zero-order chi connectivity index (χ0) is 14.5. The van der Waals surface area contributed by atoms with Crippen LogP contribution in [0.5, 0.6) is 0 Å². The maximum atomic E-state index is 11.8.